The van der Waals surface area contributed by atoms with Crippen molar-refractivity contribution in [2.24, 2.45) is 0 Å². The Kier molecular flexibility index (Phi) is 10.6. The number of hydrogen-bond donors (Lipinski definition) is 2. The highest BCUT2D eigenvalue weighted by atomic mass is 16.6. The smallest absolute Gasteiger partial charge is 0.408 e. The maximum absolute atomic E-state index is 13.6. The Balaban J connectivity index is 3.44. The number of ether oxygens (including phenoxy) is 2. The molecule has 1 rings (SSSR count). The summed E-state index contributed by atoms with van der Waals surface area (Å²) in [5.74, 6) is 0.791. The topological polar surface area (TPSA) is 114 Å². The quantitative estimate of drug-likeness (QED) is 0.421. The lowest BCUT2D eigenvalue weighted by Gasteiger charge is -2.37. The van der Waals surface area contributed by atoms with Gasteiger partial charge in [0.15, 0.2) is 0 Å². The summed E-state index contributed by atoms with van der Waals surface area (Å²) in [6.45, 7) is 9.93. The first-order valence-corrected chi connectivity index (χ1v) is 11.1. The minimum atomic E-state index is -1.15. The number of esters is 1. The zero-order valence-corrected chi connectivity index (χ0v) is 20.9. The Bertz CT molecular complexity index is 931. The van der Waals surface area contributed by atoms with Crippen LogP contribution in [0.25, 0.3) is 0 Å². The van der Waals surface area contributed by atoms with E-state index < -0.39 is 47.6 Å². The number of alkyl carbamates (subject to hydrolysis) is 1. The normalized spacial score (nSPS) is 13.5. The van der Waals surface area contributed by atoms with Crippen LogP contribution < -0.4 is 10.6 Å². The molecule has 34 heavy (non-hydrogen) atoms. The minimum Gasteiger partial charge on any atom is -0.468 e. The maximum atomic E-state index is 13.6. The van der Waals surface area contributed by atoms with Gasteiger partial charge < -0.3 is 25.0 Å². The van der Waals surface area contributed by atoms with Gasteiger partial charge >= 0.3 is 12.1 Å². The predicted molar refractivity (Wildman–Crippen MR) is 128 cm³/mol. The van der Waals surface area contributed by atoms with Crippen molar-refractivity contribution in [1.82, 2.24) is 15.5 Å². The molecule has 0 fully saturated rings. The van der Waals surface area contributed by atoms with Crippen molar-refractivity contribution < 1.29 is 28.7 Å². The van der Waals surface area contributed by atoms with Crippen molar-refractivity contribution in [2.75, 3.05) is 13.7 Å². The molecule has 0 aliphatic heterocycles. The highest BCUT2D eigenvalue weighted by Gasteiger charge is 2.38. The molecule has 186 valence electrons. The van der Waals surface area contributed by atoms with Crippen molar-refractivity contribution in [3.05, 3.63) is 35.4 Å². The third kappa shape index (κ3) is 8.10. The first-order chi connectivity index (χ1) is 15.9. The molecule has 2 N–H and O–H groups in total. The van der Waals surface area contributed by atoms with Gasteiger partial charge in [-0.25, -0.2) is 4.79 Å². The number of methoxy groups -OCH3 is 1. The van der Waals surface area contributed by atoms with Crippen LogP contribution in [0.15, 0.2) is 24.3 Å². The first kappa shape index (κ1) is 28.5. The lowest BCUT2D eigenvalue weighted by molar-refractivity contribution is -0.146. The summed E-state index contributed by atoms with van der Waals surface area (Å²) >= 11 is 0. The Labute approximate surface area is 201 Å². The molecule has 3 unspecified atom stereocenters. The van der Waals surface area contributed by atoms with E-state index in [4.69, 9.17) is 11.2 Å². The number of nitrogens with zero attached hydrogens (tertiary/aromatic N) is 1. The minimum absolute atomic E-state index is 0.377. The van der Waals surface area contributed by atoms with E-state index in [-0.39, 0.29) is 6.54 Å². The number of rotatable bonds is 9. The van der Waals surface area contributed by atoms with Gasteiger partial charge in [-0.2, -0.15) is 0 Å². The lowest BCUT2D eigenvalue weighted by atomic mass is 9.96. The zero-order chi connectivity index (χ0) is 26.1. The summed E-state index contributed by atoms with van der Waals surface area (Å²) in [4.78, 5) is 52.2. The van der Waals surface area contributed by atoms with Crippen LogP contribution in [0, 0.1) is 12.3 Å². The molecule has 0 spiro atoms. The van der Waals surface area contributed by atoms with Gasteiger partial charge in [0.1, 0.15) is 24.2 Å². The summed E-state index contributed by atoms with van der Waals surface area (Å²) in [5.41, 5.74) is 0.103. The largest absolute Gasteiger partial charge is 0.468 e. The molecule has 0 aliphatic rings. The number of terminal acetylenes is 1. The van der Waals surface area contributed by atoms with Crippen molar-refractivity contribution in [3.8, 4) is 12.3 Å². The number of carbonyl (C=O) groups excluding carboxylic acids is 4. The van der Waals surface area contributed by atoms with E-state index >= 15 is 0 Å². The second-order valence-corrected chi connectivity index (χ2v) is 8.80. The van der Waals surface area contributed by atoms with Gasteiger partial charge in [0.05, 0.1) is 7.11 Å². The molecule has 3 atom stereocenters. The van der Waals surface area contributed by atoms with Gasteiger partial charge in [-0.3, -0.25) is 14.4 Å². The molecule has 0 radical (unpaired) electrons. The molecule has 0 heterocycles. The molecule has 9 heteroatoms. The van der Waals surface area contributed by atoms with Crippen LogP contribution in [-0.4, -0.2) is 60.1 Å². The SMILES string of the molecule is C#Cc1ccccc1C(C(=O)NCC(=O)OC)N(C(=O)C(C)NC(=O)OC(C)(C)C)C(C)CC. The van der Waals surface area contributed by atoms with Crippen LogP contribution >= 0.6 is 0 Å². The standard InChI is InChI=1S/C25H35N3O6/c1-9-16(3)28(23(31)17(4)27-24(32)34-25(5,6)7)21(22(30)26-15-20(29)33-8)19-14-12-11-13-18(19)10-2/h2,11-14,16-17,21H,9,15H2,1,3-8H3,(H,26,30)(H,27,32). The Hall–Kier alpha value is -3.54. The van der Waals surface area contributed by atoms with Crippen LogP contribution in [0.5, 0.6) is 0 Å². The molecule has 1 aromatic rings. The van der Waals surface area contributed by atoms with Gasteiger partial charge in [-0.15, -0.1) is 6.42 Å². The summed E-state index contributed by atoms with van der Waals surface area (Å²) in [6, 6.07) is 4.20. The zero-order valence-electron chi connectivity index (χ0n) is 20.9. The average Bonchev–Trinajstić information content (AvgIpc) is 2.78. The average molecular weight is 474 g/mol. The molecule has 0 aromatic heterocycles. The van der Waals surface area contributed by atoms with E-state index in [2.05, 4.69) is 21.3 Å². The number of hydrogen-bond acceptors (Lipinski definition) is 6. The molecule has 0 aliphatic carbocycles. The fourth-order valence-electron chi connectivity index (χ4n) is 3.18. The Morgan fingerprint density at radius 1 is 1.15 bits per heavy atom. The molecule has 9 nitrogen and oxygen atoms in total. The lowest BCUT2D eigenvalue weighted by Crippen LogP contribution is -2.55. The van der Waals surface area contributed by atoms with Crippen LogP contribution in [-0.2, 0) is 23.9 Å². The van der Waals surface area contributed by atoms with Crippen LogP contribution in [0.3, 0.4) is 0 Å². The predicted octanol–water partition coefficient (Wildman–Crippen LogP) is 2.54. The van der Waals surface area contributed by atoms with Gasteiger partial charge in [-0.1, -0.05) is 31.0 Å². The van der Waals surface area contributed by atoms with Crippen molar-refractivity contribution in [1.29, 1.82) is 0 Å². The third-order valence-corrected chi connectivity index (χ3v) is 5.00. The number of benzene rings is 1. The monoisotopic (exact) mass is 473 g/mol. The first-order valence-electron chi connectivity index (χ1n) is 11.1. The summed E-state index contributed by atoms with van der Waals surface area (Å²) in [7, 11) is 1.21. The fraction of sp³-hybridized carbons (Fsp3) is 0.520. The van der Waals surface area contributed by atoms with E-state index in [1.807, 2.05) is 6.92 Å². The highest BCUT2D eigenvalue weighted by molar-refractivity contribution is 5.93. The van der Waals surface area contributed by atoms with Crippen LogP contribution in [0.4, 0.5) is 4.79 Å². The van der Waals surface area contributed by atoms with Gasteiger partial charge in [0, 0.05) is 11.6 Å². The Morgan fingerprint density at radius 3 is 2.29 bits per heavy atom. The Morgan fingerprint density at radius 2 is 1.76 bits per heavy atom. The van der Waals surface area contributed by atoms with Crippen LogP contribution in [0.2, 0.25) is 0 Å². The molecule has 0 saturated carbocycles. The fourth-order valence-corrected chi connectivity index (χ4v) is 3.18. The van der Waals surface area contributed by atoms with E-state index in [1.165, 1.54) is 18.9 Å². The molecule has 0 saturated heterocycles. The highest BCUT2D eigenvalue weighted by Crippen LogP contribution is 2.28. The van der Waals surface area contributed by atoms with E-state index in [0.717, 1.165) is 0 Å². The molecular weight excluding hydrogens is 438 g/mol. The van der Waals surface area contributed by atoms with Crippen molar-refractivity contribution in [3.63, 3.8) is 0 Å². The number of amides is 3. The molecular formula is C25H35N3O6. The van der Waals surface area contributed by atoms with Crippen molar-refractivity contribution >= 4 is 23.9 Å². The summed E-state index contributed by atoms with van der Waals surface area (Å²) in [6.07, 6.45) is 5.43. The number of carbonyl (C=O) groups is 4. The van der Waals surface area contributed by atoms with Crippen LogP contribution in [0.1, 0.15) is 65.1 Å². The second-order valence-electron chi connectivity index (χ2n) is 8.80. The van der Waals surface area contributed by atoms with Crippen molar-refractivity contribution in [2.45, 2.75) is 71.7 Å². The third-order valence-electron chi connectivity index (χ3n) is 5.00. The molecule has 3 amide bonds. The van der Waals surface area contributed by atoms with Gasteiger partial charge in [0.25, 0.3) is 0 Å². The van der Waals surface area contributed by atoms with Gasteiger partial charge in [0.2, 0.25) is 11.8 Å². The summed E-state index contributed by atoms with van der Waals surface area (Å²) in [5, 5.41) is 5.05. The van der Waals surface area contributed by atoms with E-state index in [1.54, 1.807) is 52.0 Å². The molecule has 0 bridgehead atoms. The molecule has 1 aromatic carbocycles. The summed E-state index contributed by atoms with van der Waals surface area (Å²) < 4.78 is 9.85. The maximum Gasteiger partial charge on any atom is 0.408 e. The van der Waals surface area contributed by atoms with Gasteiger partial charge in [-0.05, 0) is 52.7 Å². The van der Waals surface area contributed by atoms with E-state index in [0.29, 0.717) is 17.5 Å². The second kappa shape index (κ2) is 12.6. The van der Waals surface area contributed by atoms with E-state index in [9.17, 15) is 19.2 Å². The number of nitrogens with one attached hydrogen (secondary N) is 2.